The number of hydrogen-bond acceptors (Lipinski definition) is 5. The van der Waals surface area contributed by atoms with Crippen LogP contribution in [0.15, 0.2) is 42.5 Å². The van der Waals surface area contributed by atoms with Crippen molar-refractivity contribution in [2.75, 3.05) is 25.5 Å². The molecule has 140 valence electrons. The van der Waals surface area contributed by atoms with Gasteiger partial charge in [-0.1, -0.05) is 18.2 Å². The smallest absolute Gasteiger partial charge is 0.238 e. The first kappa shape index (κ1) is 17.9. The third-order valence-corrected chi connectivity index (χ3v) is 6.07. The Bertz CT molecular complexity index is 936. The number of nitrogens with zero attached hydrogens (tertiary/aromatic N) is 2. The van der Waals surface area contributed by atoms with Crippen molar-refractivity contribution in [3.8, 4) is 5.75 Å². The minimum absolute atomic E-state index is 0.0214. The van der Waals surface area contributed by atoms with Gasteiger partial charge in [0.2, 0.25) is 5.91 Å². The van der Waals surface area contributed by atoms with Gasteiger partial charge in [0.15, 0.2) is 0 Å². The van der Waals surface area contributed by atoms with Gasteiger partial charge < -0.3 is 10.1 Å². The zero-order valence-corrected chi connectivity index (χ0v) is 16.4. The Morgan fingerprint density at radius 1 is 1.33 bits per heavy atom. The number of thiazole rings is 1. The Hall–Kier alpha value is -2.44. The van der Waals surface area contributed by atoms with Gasteiger partial charge in [-0.05, 0) is 56.1 Å². The summed E-state index contributed by atoms with van der Waals surface area (Å²) in [7, 11) is 1.62. The van der Waals surface area contributed by atoms with Gasteiger partial charge >= 0.3 is 0 Å². The normalized spacial score (nSPS) is 17.3. The van der Waals surface area contributed by atoms with Crippen LogP contribution in [0.3, 0.4) is 0 Å². The Balaban J connectivity index is 1.48. The number of hydrogen-bond donors (Lipinski definition) is 1. The number of likely N-dealkylation sites (tertiary alicyclic amines) is 1. The van der Waals surface area contributed by atoms with Crippen molar-refractivity contribution in [2.45, 2.75) is 25.8 Å². The van der Waals surface area contributed by atoms with Crippen LogP contribution in [-0.4, -0.2) is 36.0 Å². The molecule has 1 fully saturated rings. The van der Waals surface area contributed by atoms with Crippen LogP contribution in [-0.2, 0) is 4.79 Å². The number of ether oxygens (including phenoxy) is 1. The number of carbonyl (C=O) groups is 1. The molecule has 1 aromatic heterocycles. The second kappa shape index (κ2) is 7.66. The summed E-state index contributed by atoms with van der Waals surface area (Å²) in [6, 6.07) is 14.2. The number of benzene rings is 2. The number of methoxy groups -OCH3 is 1. The SMILES string of the molecule is COc1ccc(C)cc1NC(=O)CN1CCCC1c1nc2ccccc2s1. The summed E-state index contributed by atoms with van der Waals surface area (Å²) in [5.41, 5.74) is 2.84. The molecule has 0 aliphatic carbocycles. The molecule has 1 atom stereocenters. The van der Waals surface area contributed by atoms with Crippen LogP contribution in [0.1, 0.15) is 29.5 Å². The molecule has 0 saturated carbocycles. The minimum atomic E-state index is -0.0214. The quantitative estimate of drug-likeness (QED) is 0.712. The molecule has 1 amide bonds. The second-order valence-electron chi connectivity index (χ2n) is 6.90. The van der Waals surface area contributed by atoms with Gasteiger partial charge in [-0.25, -0.2) is 4.98 Å². The molecular formula is C21H23N3O2S. The number of aryl methyl sites for hydroxylation is 1. The van der Waals surface area contributed by atoms with Crippen LogP contribution < -0.4 is 10.1 Å². The van der Waals surface area contributed by atoms with Crippen LogP contribution in [0.4, 0.5) is 5.69 Å². The van der Waals surface area contributed by atoms with Crippen molar-refractivity contribution in [3.05, 3.63) is 53.0 Å². The number of aromatic nitrogens is 1. The van der Waals surface area contributed by atoms with E-state index in [1.54, 1.807) is 18.4 Å². The van der Waals surface area contributed by atoms with E-state index < -0.39 is 0 Å². The molecule has 1 unspecified atom stereocenters. The van der Waals surface area contributed by atoms with Crippen LogP contribution >= 0.6 is 11.3 Å². The van der Waals surface area contributed by atoms with E-state index in [1.165, 1.54) is 4.70 Å². The molecule has 0 spiro atoms. The van der Waals surface area contributed by atoms with Gasteiger partial charge in [-0.2, -0.15) is 0 Å². The summed E-state index contributed by atoms with van der Waals surface area (Å²) in [4.78, 5) is 19.7. The Labute approximate surface area is 163 Å². The second-order valence-corrected chi connectivity index (χ2v) is 7.96. The highest BCUT2D eigenvalue weighted by molar-refractivity contribution is 7.18. The number of para-hydroxylation sites is 1. The molecule has 0 radical (unpaired) electrons. The summed E-state index contributed by atoms with van der Waals surface area (Å²) in [6.07, 6.45) is 2.13. The molecule has 5 nitrogen and oxygen atoms in total. The summed E-state index contributed by atoms with van der Waals surface area (Å²) in [6.45, 7) is 3.27. The van der Waals surface area contributed by atoms with E-state index in [-0.39, 0.29) is 11.9 Å². The summed E-state index contributed by atoms with van der Waals surface area (Å²) in [5, 5.41) is 4.11. The predicted molar refractivity (Wildman–Crippen MR) is 110 cm³/mol. The zero-order chi connectivity index (χ0) is 18.8. The summed E-state index contributed by atoms with van der Waals surface area (Å²) in [5.74, 6) is 0.657. The fourth-order valence-electron chi connectivity index (χ4n) is 3.62. The van der Waals surface area contributed by atoms with E-state index in [0.29, 0.717) is 12.3 Å². The number of fused-ring (bicyclic) bond motifs is 1. The Kier molecular flexibility index (Phi) is 5.09. The van der Waals surface area contributed by atoms with Crippen molar-refractivity contribution in [1.29, 1.82) is 0 Å². The van der Waals surface area contributed by atoms with E-state index in [0.717, 1.165) is 41.2 Å². The van der Waals surface area contributed by atoms with Crippen molar-refractivity contribution in [3.63, 3.8) is 0 Å². The average Bonchev–Trinajstić information content (AvgIpc) is 3.28. The first-order chi connectivity index (χ1) is 13.1. The summed E-state index contributed by atoms with van der Waals surface area (Å²) >= 11 is 1.73. The maximum Gasteiger partial charge on any atom is 0.238 e. The lowest BCUT2D eigenvalue weighted by Gasteiger charge is -2.22. The molecule has 1 aliphatic rings. The Morgan fingerprint density at radius 2 is 2.19 bits per heavy atom. The van der Waals surface area contributed by atoms with Crippen LogP contribution in [0.5, 0.6) is 5.75 Å². The fraction of sp³-hybridized carbons (Fsp3) is 0.333. The molecule has 2 aromatic carbocycles. The lowest BCUT2D eigenvalue weighted by Crippen LogP contribution is -2.33. The topological polar surface area (TPSA) is 54.5 Å². The third kappa shape index (κ3) is 3.82. The van der Waals surface area contributed by atoms with Gasteiger partial charge in [-0.3, -0.25) is 9.69 Å². The van der Waals surface area contributed by atoms with E-state index in [1.807, 2.05) is 43.3 Å². The van der Waals surface area contributed by atoms with Crippen LogP contribution in [0.2, 0.25) is 0 Å². The number of nitrogens with one attached hydrogen (secondary N) is 1. The van der Waals surface area contributed by atoms with Crippen molar-refractivity contribution in [1.82, 2.24) is 9.88 Å². The average molecular weight is 382 g/mol. The zero-order valence-electron chi connectivity index (χ0n) is 15.6. The van der Waals surface area contributed by atoms with Gasteiger partial charge in [0.05, 0.1) is 35.6 Å². The number of anilines is 1. The maximum atomic E-state index is 12.7. The molecule has 4 rings (SSSR count). The fourth-order valence-corrected chi connectivity index (χ4v) is 4.76. The molecule has 6 heteroatoms. The first-order valence-electron chi connectivity index (χ1n) is 9.18. The molecule has 0 bridgehead atoms. The molecule has 2 heterocycles. The lowest BCUT2D eigenvalue weighted by molar-refractivity contribution is -0.117. The lowest BCUT2D eigenvalue weighted by atomic mass is 10.2. The predicted octanol–water partition coefficient (Wildman–Crippen LogP) is 4.39. The van der Waals surface area contributed by atoms with E-state index in [2.05, 4.69) is 16.3 Å². The molecule has 1 N–H and O–H groups in total. The number of amides is 1. The van der Waals surface area contributed by atoms with E-state index in [9.17, 15) is 4.79 Å². The van der Waals surface area contributed by atoms with Gasteiger partial charge in [-0.15, -0.1) is 11.3 Å². The number of rotatable bonds is 5. The van der Waals surface area contributed by atoms with Gasteiger partial charge in [0, 0.05) is 0 Å². The van der Waals surface area contributed by atoms with Crippen molar-refractivity contribution >= 4 is 33.1 Å². The van der Waals surface area contributed by atoms with Crippen molar-refractivity contribution in [2.24, 2.45) is 0 Å². The van der Waals surface area contributed by atoms with Crippen LogP contribution in [0, 0.1) is 6.92 Å². The minimum Gasteiger partial charge on any atom is -0.495 e. The van der Waals surface area contributed by atoms with Crippen molar-refractivity contribution < 1.29 is 9.53 Å². The van der Waals surface area contributed by atoms with E-state index >= 15 is 0 Å². The molecule has 1 aliphatic heterocycles. The van der Waals surface area contributed by atoms with E-state index in [4.69, 9.17) is 9.72 Å². The molecular weight excluding hydrogens is 358 g/mol. The highest BCUT2D eigenvalue weighted by Gasteiger charge is 2.30. The monoisotopic (exact) mass is 381 g/mol. The van der Waals surface area contributed by atoms with Gasteiger partial charge in [0.1, 0.15) is 10.8 Å². The number of carbonyl (C=O) groups excluding carboxylic acids is 1. The molecule has 27 heavy (non-hydrogen) atoms. The highest BCUT2D eigenvalue weighted by Crippen LogP contribution is 2.36. The van der Waals surface area contributed by atoms with Crippen LogP contribution in [0.25, 0.3) is 10.2 Å². The molecule has 1 saturated heterocycles. The summed E-state index contributed by atoms with van der Waals surface area (Å²) < 4.78 is 6.56. The largest absolute Gasteiger partial charge is 0.495 e. The first-order valence-corrected chi connectivity index (χ1v) is 9.99. The third-order valence-electron chi connectivity index (χ3n) is 4.93. The molecule has 3 aromatic rings. The standard InChI is InChI=1S/C21H23N3O2S/c1-14-9-10-18(26-2)16(12-14)22-20(25)13-24-11-5-7-17(24)21-23-15-6-3-4-8-19(15)27-21/h3-4,6,8-10,12,17H,5,7,11,13H2,1-2H3,(H,22,25). The Morgan fingerprint density at radius 3 is 3.00 bits per heavy atom. The highest BCUT2D eigenvalue weighted by atomic mass is 32.1. The van der Waals surface area contributed by atoms with Gasteiger partial charge in [0.25, 0.3) is 0 Å². The maximum absolute atomic E-state index is 12.7.